The lowest BCUT2D eigenvalue weighted by Gasteiger charge is -2.53. The highest BCUT2D eigenvalue weighted by Gasteiger charge is 2.49. The van der Waals surface area contributed by atoms with Gasteiger partial charge < -0.3 is 19.5 Å². The molecule has 178 valence electrons. The first-order valence-corrected chi connectivity index (χ1v) is 12.2. The van der Waals surface area contributed by atoms with E-state index in [4.69, 9.17) is 25.8 Å². The minimum absolute atomic E-state index is 0.0438. The molecule has 3 aliphatic heterocycles. The molecule has 3 aromatic rings. The molecule has 2 saturated heterocycles. The summed E-state index contributed by atoms with van der Waals surface area (Å²) in [5, 5.41) is 4.31. The van der Waals surface area contributed by atoms with E-state index in [1.165, 1.54) is 6.20 Å². The summed E-state index contributed by atoms with van der Waals surface area (Å²) in [6.45, 7) is 3.47. The molecule has 2 bridgehead atoms. The van der Waals surface area contributed by atoms with Crippen LogP contribution in [-0.4, -0.2) is 34.5 Å². The summed E-state index contributed by atoms with van der Waals surface area (Å²) in [6, 6.07) is 7.73. The second-order valence-corrected chi connectivity index (χ2v) is 10.2. The molecule has 0 atom stereocenters. The highest BCUT2D eigenvalue weighted by molar-refractivity contribution is 6.32. The average Bonchev–Trinajstić information content (AvgIpc) is 3.33. The second kappa shape index (κ2) is 8.33. The highest BCUT2D eigenvalue weighted by atomic mass is 35.5. The Balaban J connectivity index is 1.11. The van der Waals surface area contributed by atoms with Crippen LogP contribution in [0.2, 0.25) is 5.02 Å². The van der Waals surface area contributed by atoms with E-state index >= 15 is 0 Å². The average molecular weight is 484 g/mol. The van der Waals surface area contributed by atoms with Gasteiger partial charge in [0.05, 0.1) is 34.5 Å². The van der Waals surface area contributed by atoms with Gasteiger partial charge in [0.2, 0.25) is 6.79 Å². The number of hydrogen-bond acceptors (Lipinski definition) is 6. The predicted molar refractivity (Wildman–Crippen MR) is 127 cm³/mol. The first-order valence-electron chi connectivity index (χ1n) is 11.8. The maximum absolute atomic E-state index is 14.7. The summed E-state index contributed by atoms with van der Waals surface area (Å²) >= 11 is 6.34. The Morgan fingerprint density at radius 3 is 2.79 bits per heavy atom. The Bertz CT molecular complexity index is 1240. The van der Waals surface area contributed by atoms with Crippen molar-refractivity contribution in [3.8, 4) is 11.5 Å². The number of nitrogens with one attached hydrogen (secondary N) is 1. The van der Waals surface area contributed by atoms with Crippen molar-refractivity contribution in [1.29, 1.82) is 0 Å². The van der Waals surface area contributed by atoms with Gasteiger partial charge in [0.1, 0.15) is 5.82 Å². The fourth-order valence-corrected chi connectivity index (χ4v) is 5.80. The van der Waals surface area contributed by atoms with Crippen molar-refractivity contribution >= 4 is 22.6 Å². The molecule has 0 radical (unpaired) electrons. The summed E-state index contributed by atoms with van der Waals surface area (Å²) in [6.07, 6.45) is 6.67. The quantitative estimate of drug-likeness (QED) is 0.515. The van der Waals surface area contributed by atoms with Gasteiger partial charge in [-0.1, -0.05) is 11.6 Å². The van der Waals surface area contributed by atoms with Crippen molar-refractivity contribution < 1.29 is 18.6 Å². The second-order valence-electron chi connectivity index (χ2n) is 9.82. The van der Waals surface area contributed by atoms with Crippen LogP contribution in [0.25, 0.3) is 11.0 Å². The summed E-state index contributed by atoms with van der Waals surface area (Å²) < 4.78 is 32.1. The van der Waals surface area contributed by atoms with Gasteiger partial charge in [-0.25, -0.2) is 4.39 Å². The zero-order valence-electron chi connectivity index (χ0n) is 19.1. The fraction of sp³-hybridized carbons (Fsp3) is 0.462. The van der Waals surface area contributed by atoms with Crippen molar-refractivity contribution in [1.82, 2.24) is 15.3 Å². The Hall–Kier alpha value is -2.48. The Morgan fingerprint density at radius 1 is 1.15 bits per heavy atom. The van der Waals surface area contributed by atoms with Gasteiger partial charge in [0.25, 0.3) is 0 Å². The van der Waals surface area contributed by atoms with E-state index in [2.05, 4.69) is 15.3 Å². The van der Waals surface area contributed by atoms with Gasteiger partial charge in [-0.15, -0.1) is 0 Å². The van der Waals surface area contributed by atoms with E-state index in [0.717, 1.165) is 48.9 Å². The molecule has 1 aromatic carbocycles. The normalized spacial score (nSPS) is 25.3. The van der Waals surface area contributed by atoms with Crippen LogP contribution in [-0.2, 0) is 17.7 Å². The van der Waals surface area contributed by atoms with Crippen molar-refractivity contribution in [3.63, 3.8) is 0 Å². The maximum atomic E-state index is 14.7. The van der Waals surface area contributed by atoms with Crippen LogP contribution in [0.4, 0.5) is 4.39 Å². The smallest absolute Gasteiger partial charge is 0.231 e. The number of rotatable bonds is 6. The SMILES string of the molecule is Cc1ccc2ncc(F)c(CCC34CCC(NCc5cc(Cl)c6c(c5)OCO6)(CC3)CO4)c2n1. The number of nitrogens with zero attached hydrogens (tertiary/aromatic N) is 2. The molecular weight excluding hydrogens is 457 g/mol. The fourth-order valence-electron chi connectivity index (χ4n) is 5.51. The summed E-state index contributed by atoms with van der Waals surface area (Å²) in [4.78, 5) is 8.77. The zero-order chi connectivity index (χ0) is 23.3. The van der Waals surface area contributed by atoms with Crippen molar-refractivity contribution in [2.24, 2.45) is 0 Å². The zero-order valence-corrected chi connectivity index (χ0v) is 19.9. The van der Waals surface area contributed by atoms with Crippen LogP contribution in [0.1, 0.15) is 48.9 Å². The van der Waals surface area contributed by atoms with E-state index in [0.29, 0.717) is 47.2 Å². The summed E-state index contributed by atoms with van der Waals surface area (Å²) in [5.41, 5.74) is 3.74. The number of aryl methyl sites for hydroxylation is 2. The summed E-state index contributed by atoms with van der Waals surface area (Å²) in [5.74, 6) is 1.03. The number of aromatic nitrogens is 2. The third kappa shape index (κ3) is 3.89. The molecule has 6 nitrogen and oxygen atoms in total. The lowest BCUT2D eigenvalue weighted by molar-refractivity contribution is -0.165. The van der Waals surface area contributed by atoms with Gasteiger partial charge in [-0.3, -0.25) is 9.97 Å². The predicted octanol–water partition coefficient (Wildman–Crippen LogP) is 5.26. The number of benzene rings is 1. The van der Waals surface area contributed by atoms with Gasteiger partial charge in [0.15, 0.2) is 11.5 Å². The molecule has 1 aliphatic carbocycles. The Kier molecular flexibility index (Phi) is 5.39. The van der Waals surface area contributed by atoms with Crippen LogP contribution < -0.4 is 14.8 Å². The maximum Gasteiger partial charge on any atom is 0.231 e. The Morgan fingerprint density at radius 2 is 2.00 bits per heavy atom. The van der Waals surface area contributed by atoms with Crippen molar-refractivity contribution in [2.45, 2.75) is 63.1 Å². The topological polar surface area (TPSA) is 65.5 Å². The molecule has 0 spiro atoms. The molecular formula is C26H27ClFN3O3. The van der Waals surface area contributed by atoms with E-state index in [-0.39, 0.29) is 23.8 Å². The number of fused-ring (bicyclic) bond motifs is 5. The molecule has 0 amide bonds. The first kappa shape index (κ1) is 22.0. The molecule has 4 aliphatic rings. The van der Waals surface area contributed by atoms with Gasteiger partial charge >= 0.3 is 0 Å². The summed E-state index contributed by atoms with van der Waals surface area (Å²) in [7, 11) is 0. The lowest BCUT2D eigenvalue weighted by atomic mass is 9.69. The first-order chi connectivity index (χ1) is 16.4. The standard InChI is InChI=1S/C26H27ClFN3O3/c1-16-2-3-21-23(31-16)18(20(28)13-29-21)4-5-26-8-6-25(7-9-26,14-34-26)30-12-17-10-19(27)24-22(11-17)32-15-33-24/h2-3,10-11,13,30H,4-9,12,14-15H2,1H3. The number of halogens is 2. The van der Waals surface area contributed by atoms with E-state index in [1.807, 2.05) is 31.2 Å². The van der Waals surface area contributed by atoms with Crippen LogP contribution in [0.3, 0.4) is 0 Å². The van der Waals surface area contributed by atoms with Gasteiger partial charge in [-0.05, 0) is 75.3 Å². The number of ether oxygens (including phenoxy) is 3. The molecule has 1 saturated carbocycles. The van der Waals surface area contributed by atoms with Crippen LogP contribution in [0.15, 0.2) is 30.5 Å². The van der Waals surface area contributed by atoms with Gasteiger partial charge in [0, 0.05) is 23.3 Å². The Labute approximate surface area is 202 Å². The van der Waals surface area contributed by atoms with Crippen LogP contribution in [0.5, 0.6) is 11.5 Å². The molecule has 1 N–H and O–H groups in total. The van der Waals surface area contributed by atoms with E-state index in [9.17, 15) is 4.39 Å². The van der Waals surface area contributed by atoms with Crippen molar-refractivity contribution in [2.75, 3.05) is 13.4 Å². The third-order valence-electron chi connectivity index (χ3n) is 7.66. The lowest BCUT2D eigenvalue weighted by Crippen LogP contribution is -2.61. The minimum atomic E-state index is -0.285. The molecule has 7 rings (SSSR count). The van der Waals surface area contributed by atoms with Crippen LogP contribution >= 0.6 is 11.6 Å². The molecule has 34 heavy (non-hydrogen) atoms. The molecule has 3 fully saturated rings. The number of hydrogen-bond donors (Lipinski definition) is 1. The molecule has 8 heteroatoms. The monoisotopic (exact) mass is 483 g/mol. The van der Waals surface area contributed by atoms with E-state index < -0.39 is 0 Å². The number of pyridine rings is 2. The largest absolute Gasteiger partial charge is 0.454 e. The van der Waals surface area contributed by atoms with Crippen molar-refractivity contribution in [3.05, 3.63) is 58.1 Å². The molecule has 2 aromatic heterocycles. The minimum Gasteiger partial charge on any atom is -0.454 e. The molecule has 0 unspecified atom stereocenters. The van der Waals surface area contributed by atoms with Gasteiger partial charge in [-0.2, -0.15) is 0 Å². The van der Waals surface area contributed by atoms with Crippen LogP contribution in [0, 0.1) is 12.7 Å². The third-order valence-corrected chi connectivity index (χ3v) is 7.94. The molecule has 5 heterocycles. The highest BCUT2D eigenvalue weighted by Crippen LogP contribution is 2.46. The van der Waals surface area contributed by atoms with E-state index in [1.54, 1.807) is 0 Å².